The van der Waals surface area contributed by atoms with E-state index in [1.165, 1.54) is 0 Å². The number of azide groups is 1. The van der Waals surface area contributed by atoms with Crippen molar-refractivity contribution in [2.24, 2.45) is 16.9 Å². The highest BCUT2D eigenvalue weighted by molar-refractivity contribution is 8.04. The van der Waals surface area contributed by atoms with Gasteiger partial charge >= 0.3 is 5.97 Å². The zero-order chi connectivity index (χ0) is 11.3. The average Bonchev–Trinajstić information content (AvgIpc) is 2.68. The molecule has 0 aromatic carbocycles. The number of rotatable bonds is 4. The second-order valence-corrected chi connectivity index (χ2v) is 3.53. The Morgan fingerprint density at radius 1 is 1.87 bits per heavy atom. The van der Waals surface area contributed by atoms with Crippen LogP contribution in [0.4, 0.5) is 0 Å². The van der Waals surface area contributed by atoms with Crippen LogP contribution in [-0.4, -0.2) is 18.0 Å². The van der Waals surface area contributed by atoms with Crippen LogP contribution >= 0.6 is 11.8 Å². The van der Waals surface area contributed by atoms with Gasteiger partial charge < -0.3 is 10.2 Å². The maximum Gasteiger partial charge on any atom is 0.364 e. The molecule has 1 atom stereocenters. The van der Waals surface area contributed by atoms with Crippen molar-refractivity contribution in [2.75, 3.05) is 6.54 Å². The van der Waals surface area contributed by atoms with E-state index < -0.39 is 5.97 Å². The molecule has 0 saturated carbocycles. The van der Waals surface area contributed by atoms with E-state index in [0.29, 0.717) is 5.70 Å². The number of thioether (sulfide) groups is 1. The molecule has 15 heavy (non-hydrogen) atoms. The highest BCUT2D eigenvalue weighted by Crippen LogP contribution is 2.29. The molecular formula is C5H9N7O2S. The van der Waals surface area contributed by atoms with E-state index in [1.54, 1.807) is 0 Å². The molecule has 1 aliphatic heterocycles. The maximum absolute atomic E-state index is 11.2. The molecule has 82 valence electrons. The molecule has 0 fully saturated rings. The van der Waals surface area contributed by atoms with Gasteiger partial charge in [0.15, 0.2) is 0 Å². The van der Waals surface area contributed by atoms with E-state index >= 15 is 0 Å². The maximum atomic E-state index is 11.2. The second kappa shape index (κ2) is 5.44. The van der Waals surface area contributed by atoms with Crippen molar-refractivity contribution in [3.05, 3.63) is 21.0 Å². The highest BCUT2D eigenvalue weighted by Gasteiger charge is 2.28. The Bertz CT molecular complexity index is 336. The zero-order valence-electron chi connectivity index (χ0n) is 7.51. The number of nitrogens with zero attached hydrogens (tertiary/aromatic N) is 3. The Morgan fingerprint density at radius 2 is 2.60 bits per heavy atom. The molecule has 10 heteroatoms. The van der Waals surface area contributed by atoms with E-state index in [1.807, 2.05) is 0 Å². The molecule has 1 heterocycles. The average molecular weight is 231 g/mol. The van der Waals surface area contributed by atoms with Crippen LogP contribution in [0.2, 0.25) is 0 Å². The first-order chi connectivity index (χ1) is 7.22. The Hall–Kier alpha value is -1.45. The van der Waals surface area contributed by atoms with Crippen LogP contribution < -0.4 is 22.5 Å². The number of nitrogens with one attached hydrogen (secondary N) is 2. The molecule has 0 spiro atoms. The SMILES string of the molecule is [N-]=[N+]=NCC1=C(C(=O)ON)SC(NN)N1. The van der Waals surface area contributed by atoms with Crippen molar-refractivity contribution >= 4 is 17.7 Å². The standard InChI is InChI=1S/C5H9N7O2S/c6-11-5-10-2(1-9-12-7)3(15-5)4(13)14-8/h5,10-11H,1,6,8H2. The van der Waals surface area contributed by atoms with Gasteiger partial charge in [0.2, 0.25) is 0 Å². The predicted molar refractivity (Wildman–Crippen MR) is 53.2 cm³/mol. The fourth-order valence-corrected chi connectivity index (χ4v) is 1.88. The summed E-state index contributed by atoms with van der Waals surface area (Å²) in [6, 6.07) is 0. The van der Waals surface area contributed by atoms with Crippen LogP contribution in [0.3, 0.4) is 0 Å². The van der Waals surface area contributed by atoms with Crippen molar-refractivity contribution in [3.8, 4) is 0 Å². The summed E-state index contributed by atoms with van der Waals surface area (Å²) in [7, 11) is 0. The van der Waals surface area contributed by atoms with Gasteiger partial charge in [-0.3, -0.25) is 5.84 Å². The van der Waals surface area contributed by atoms with Crippen LogP contribution in [0.15, 0.2) is 15.7 Å². The minimum Gasteiger partial charge on any atom is -0.369 e. The van der Waals surface area contributed by atoms with E-state index in [-0.39, 0.29) is 16.9 Å². The van der Waals surface area contributed by atoms with Crippen LogP contribution in [0.25, 0.3) is 10.4 Å². The molecular weight excluding hydrogens is 222 g/mol. The second-order valence-electron chi connectivity index (χ2n) is 2.41. The topological polar surface area (TPSA) is 151 Å². The summed E-state index contributed by atoms with van der Waals surface area (Å²) in [6.45, 7) is 0.00606. The van der Waals surface area contributed by atoms with Gasteiger partial charge in [-0.15, -0.1) is 0 Å². The van der Waals surface area contributed by atoms with Crippen molar-refractivity contribution in [1.29, 1.82) is 0 Å². The van der Waals surface area contributed by atoms with Gasteiger partial charge in [-0.25, -0.2) is 10.2 Å². The van der Waals surface area contributed by atoms with Crippen LogP contribution in [-0.2, 0) is 9.63 Å². The van der Waals surface area contributed by atoms with E-state index in [0.717, 1.165) is 11.8 Å². The number of carbonyl (C=O) groups excluding carboxylic acids is 1. The van der Waals surface area contributed by atoms with Crippen molar-refractivity contribution in [1.82, 2.24) is 10.7 Å². The Morgan fingerprint density at radius 3 is 3.13 bits per heavy atom. The van der Waals surface area contributed by atoms with E-state index in [2.05, 4.69) is 25.6 Å². The fraction of sp³-hybridized carbons (Fsp3) is 0.400. The van der Waals surface area contributed by atoms with Gasteiger partial charge in [-0.1, -0.05) is 16.9 Å². The monoisotopic (exact) mass is 231 g/mol. The molecule has 0 radical (unpaired) electrons. The van der Waals surface area contributed by atoms with Gasteiger partial charge in [-0.2, -0.15) is 5.90 Å². The summed E-state index contributed by atoms with van der Waals surface area (Å²) >= 11 is 1.10. The summed E-state index contributed by atoms with van der Waals surface area (Å²) in [5, 5.41) is 6.15. The Kier molecular flexibility index (Phi) is 4.21. The van der Waals surface area contributed by atoms with Gasteiger partial charge in [0.1, 0.15) is 10.4 Å². The molecule has 0 aromatic heterocycles. The third-order valence-electron chi connectivity index (χ3n) is 1.55. The normalized spacial score (nSPS) is 19.5. The molecule has 1 rings (SSSR count). The molecule has 1 unspecified atom stereocenters. The molecule has 1 aliphatic rings. The number of hydrogen-bond donors (Lipinski definition) is 4. The minimum atomic E-state index is -0.701. The smallest absolute Gasteiger partial charge is 0.364 e. The van der Waals surface area contributed by atoms with Crippen LogP contribution in [0.5, 0.6) is 0 Å². The lowest BCUT2D eigenvalue weighted by Gasteiger charge is -2.08. The molecule has 6 N–H and O–H groups in total. The minimum absolute atomic E-state index is 0.00606. The van der Waals surface area contributed by atoms with Crippen LogP contribution in [0, 0.1) is 0 Å². The molecule has 0 saturated heterocycles. The summed E-state index contributed by atoms with van der Waals surface area (Å²) in [5.74, 6) is 9.23. The van der Waals surface area contributed by atoms with Crippen LogP contribution in [0.1, 0.15) is 0 Å². The Balaban J connectivity index is 2.81. The summed E-state index contributed by atoms with van der Waals surface area (Å²) in [6.07, 6.45) is 0. The molecule has 0 amide bonds. The molecule has 9 nitrogen and oxygen atoms in total. The van der Waals surface area contributed by atoms with E-state index in [9.17, 15) is 4.79 Å². The summed E-state index contributed by atoms with van der Waals surface area (Å²) in [4.78, 5) is 18.1. The third kappa shape index (κ3) is 2.75. The van der Waals surface area contributed by atoms with Gasteiger partial charge in [0.25, 0.3) is 0 Å². The largest absolute Gasteiger partial charge is 0.369 e. The first kappa shape index (κ1) is 11.6. The lowest BCUT2D eigenvalue weighted by atomic mass is 10.4. The predicted octanol–water partition coefficient (Wildman–Crippen LogP) is -0.991. The summed E-state index contributed by atoms with van der Waals surface area (Å²) in [5.41, 5.74) is 10.6. The third-order valence-corrected chi connectivity index (χ3v) is 2.69. The molecule has 0 aromatic rings. The van der Waals surface area contributed by atoms with Crippen molar-refractivity contribution in [2.45, 2.75) is 5.50 Å². The van der Waals surface area contributed by atoms with Gasteiger partial charge in [0.05, 0.1) is 6.54 Å². The lowest BCUT2D eigenvalue weighted by molar-refractivity contribution is -0.138. The zero-order valence-corrected chi connectivity index (χ0v) is 8.32. The van der Waals surface area contributed by atoms with Gasteiger partial charge in [-0.05, 0) is 5.53 Å². The first-order valence-electron chi connectivity index (χ1n) is 3.77. The van der Waals surface area contributed by atoms with Gasteiger partial charge in [0, 0.05) is 10.6 Å². The Labute approximate surface area is 88.7 Å². The van der Waals surface area contributed by atoms with Crippen molar-refractivity contribution < 1.29 is 9.63 Å². The highest BCUT2D eigenvalue weighted by atomic mass is 32.2. The number of carbonyl (C=O) groups is 1. The number of nitrogens with two attached hydrogens (primary N) is 2. The lowest BCUT2D eigenvalue weighted by Crippen LogP contribution is -2.40. The van der Waals surface area contributed by atoms with Crippen molar-refractivity contribution in [3.63, 3.8) is 0 Å². The molecule has 0 bridgehead atoms. The quantitative estimate of drug-likeness (QED) is 0.159. The molecule has 0 aliphatic carbocycles. The summed E-state index contributed by atoms with van der Waals surface area (Å²) < 4.78 is 0. The number of hydrazine groups is 1. The van der Waals surface area contributed by atoms with E-state index in [4.69, 9.17) is 17.3 Å². The fourth-order valence-electron chi connectivity index (χ4n) is 0.963. The number of hydrogen-bond acceptors (Lipinski definition) is 8. The first-order valence-corrected chi connectivity index (χ1v) is 4.65.